The van der Waals surface area contributed by atoms with E-state index >= 15 is 0 Å². The molecule has 1 saturated heterocycles. The lowest BCUT2D eigenvalue weighted by Crippen LogP contribution is -2.44. The van der Waals surface area contributed by atoms with Crippen molar-refractivity contribution < 1.29 is 22.7 Å². The number of aromatic nitrogens is 1. The Bertz CT molecular complexity index is 1710. The molecule has 1 atom stereocenters. The zero-order valence-electron chi connectivity index (χ0n) is 27.9. The highest BCUT2D eigenvalue weighted by Crippen LogP contribution is 2.48. The summed E-state index contributed by atoms with van der Waals surface area (Å²) in [6.07, 6.45) is 7.92. The fraction of sp³-hybridized carbons (Fsp3) is 0.583. The molecule has 3 aromatic rings. The minimum absolute atomic E-state index is 0.273. The number of likely N-dealkylation sites (N-methyl/N-ethyl adjacent to an activating group) is 2. The van der Waals surface area contributed by atoms with Crippen LogP contribution in [-0.4, -0.2) is 99.6 Å². The molecule has 1 aromatic heterocycles. The first kappa shape index (κ1) is 32.6. The van der Waals surface area contributed by atoms with Crippen LogP contribution in [0.3, 0.4) is 0 Å². The fourth-order valence-electron chi connectivity index (χ4n) is 8.00. The molecule has 0 radical (unpaired) electrons. The van der Waals surface area contributed by atoms with Crippen LogP contribution in [0.25, 0.3) is 22.2 Å². The molecule has 11 heteroatoms. The van der Waals surface area contributed by atoms with Crippen LogP contribution in [0.2, 0.25) is 0 Å². The summed E-state index contributed by atoms with van der Waals surface area (Å²) in [6, 6.07) is 12.4. The average molecular weight is 664 g/mol. The molecule has 1 unspecified atom stereocenters. The molecule has 1 N–H and O–H groups in total. The van der Waals surface area contributed by atoms with Crippen molar-refractivity contribution in [3.63, 3.8) is 0 Å². The van der Waals surface area contributed by atoms with Gasteiger partial charge in [-0.15, -0.1) is 0 Å². The van der Waals surface area contributed by atoms with Gasteiger partial charge in [0, 0.05) is 79.8 Å². The number of morpholine rings is 1. The van der Waals surface area contributed by atoms with E-state index in [-0.39, 0.29) is 5.92 Å². The summed E-state index contributed by atoms with van der Waals surface area (Å²) in [5, 5.41) is 1.16. The van der Waals surface area contributed by atoms with Crippen LogP contribution in [-0.2, 0) is 28.0 Å². The molecule has 1 amide bonds. The van der Waals surface area contributed by atoms with Crippen LogP contribution in [0.4, 0.5) is 0 Å². The Labute approximate surface area is 279 Å². The Balaban J connectivity index is 1.41. The van der Waals surface area contributed by atoms with E-state index in [1.165, 1.54) is 47.4 Å². The molecule has 254 valence electrons. The Morgan fingerprint density at radius 1 is 0.915 bits per heavy atom. The molecule has 1 aliphatic carbocycles. The summed E-state index contributed by atoms with van der Waals surface area (Å²) in [5.74, 6) is 1.05. The second-order valence-corrected chi connectivity index (χ2v) is 15.8. The molecule has 4 aliphatic rings. The minimum atomic E-state index is -3.99. The number of para-hydroxylation sites is 1. The summed E-state index contributed by atoms with van der Waals surface area (Å²) in [6.45, 7) is 7.25. The SMILES string of the molecule is CN1CCCC2COc3c(CN4CCOCC4)cccc3-c3c(C4CCCCC4)c4ccc(cc4n3C2)C(=O)NS(=O)(=O)N(C)CC1. The van der Waals surface area contributed by atoms with Gasteiger partial charge in [-0.3, -0.25) is 9.69 Å². The predicted octanol–water partition coefficient (Wildman–Crippen LogP) is 4.83. The highest BCUT2D eigenvalue weighted by atomic mass is 32.2. The van der Waals surface area contributed by atoms with Gasteiger partial charge in [-0.05, 0) is 69.0 Å². The smallest absolute Gasteiger partial charge is 0.303 e. The maximum Gasteiger partial charge on any atom is 0.303 e. The number of ether oxygens (including phenoxy) is 2. The van der Waals surface area contributed by atoms with Gasteiger partial charge in [0.25, 0.3) is 5.91 Å². The van der Waals surface area contributed by atoms with Gasteiger partial charge < -0.3 is 18.9 Å². The average Bonchev–Trinajstić information content (AvgIpc) is 3.38. The molecule has 3 aliphatic heterocycles. The van der Waals surface area contributed by atoms with Gasteiger partial charge in [0.15, 0.2) is 0 Å². The lowest BCUT2D eigenvalue weighted by atomic mass is 9.81. The quantitative estimate of drug-likeness (QED) is 0.429. The van der Waals surface area contributed by atoms with Gasteiger partial charge in [0.05, 0.1) is 25.5 Å². The van der Waals surface area contributed by atoms with Crippen molar-refractivity contribution in [3.8, 4) is 17.0 Å². The van der Waals surface area contributed by atoms with E-state index < -0.39 is 16.1 Å². The standard InChI is InChI=1S/C36H49N5O5S/c1-38-15-7-8-26-23-41-32-22-28(36(42)37-47(43,44)39(2)17-16-38)13-14-30(32)33(27-9-4-3-5-10-27)34(41)31-12-6-11-29(35(31)46-25-26)24-40-18-20-45-21-19-40/h6,11-14,22,26-27H,3-5,7-10,15-21,23-25H2,1-2H3,(H,37,42). The highest BCUT2D eigenvalue weighted by molar-refractivity contribution is 7.87. The van der Waals surface area contributed by atoms with Gasteiger partial charge in [0.1, 0.15) is 5.75 Å². The van der Waals surface area contributed by atoms with E-state index in [1.807, 2.05) is 13.1 Å². The third-order valence-corrected chi connectivity index (χ3v) is 12.2. The molecule has 2 fully saturated rings. The highest BCUT2D eigenvalue weighted by Gasteiger charge is 2.32. The molecule has 0 spiro atoms. The monoisotopic (exact) mass is 663 g/mol. The van der Waals surface area contributed by atoms with Gasteiger partial charge in [-0.2, -0.15) is 12.7 Å². The normalized spacial score (nSPS) is 24.0. The molecule has 10 nitrogen and oxygen atoms in total. The van der Waals surface area contributed by atoms with Crippen molar-refractivity contribution in [1.82, 2.24) is 23.4 Å². The van der Waals surface area contributed by atoms with Gasteiger partial charge in [-0.1, -0.05) is 37.5 Å². The molecule has 47 heavy (non-hydrogen) atoms. The number of hydrogen-bond donors (Lipinski definition) is 1. The van der Waals surface area contributed by atoms with Crippen LogP contribution in [0, 0.1) is 5.92 Å². The van der Waals surface area contributed by atoms with E-state index in [1.54, 1.807) is 6.07 Å². The molecule has 4 bridgehead atoms. The van der Waals surface area contributed by atoms with Crippen molar-refractivity contribution in [2.75, 3.05) is 66.6 Å². The first-order chi connectivity index (χ1) is 22.8. The number of carbonyl (C=O) groups is 1. The third kappa shape index (κ3) is 6.83. The molecule has 7 rings (SSSR count). The fourth-order valence-corrected chi connectivity index (χ4v) is 8.83. The largest absolute Gasteiger partial charge is 0.492 e. The van der Waals surface area contributed by atoms with E-state index in [0.717, 1.165) is 93.8 Å². The Morgan fingerprint density at radius 2 is 1.72 bits per heavy atom. The maximum absolute atomic E-state index is 13.5. The summed E-state index contributed by atoms with van der Waals surface area (Å²) in [5.41, 5.74) is 6.23. The van der Waals surface area contributed by atoms with Crippen LogP contribution < -0.4 is 9.46 Å². The Morgan fingerprint density at radius 3 is 2.53 bits per heavy atom. The van der Waals surface area contributed by atoms with Crippen molar-refractivity contribution in [3.05, 3.63) is 53.1 Å². The first-order valence-electron chi connectivity index (χ1n) is 17.5. The number of nitrogens with one attached hydrogen (secondary N) is 1. The topological polar surface area (TPSA) is 96.3 Å². The summed E-state index contributed by atoms with van der Waals surface area (Å²) in [4.78, 5) is 18.2. The summed E-state index contributed by atoms with van der Waals surface area (Å²) in [7, 11) is -0.438. The lowest BCUT2D eigenvalue weighted by Gasteiger charge is -2.31. The molecule has 1 saturated carbocycles. The van der Waals surface area contributed by atoms with Gasteiger partial charge >= 0.3 is 10.2 Å². The molecular weight excluding hydrogens is 614 g/mol. The molecule has 2 aromatic carbocycles. The molecule has 4 heterocycles. The number of rotatable bonds is 3. The van der Waals surface area contributed by atoms with E-state index in [4.69, 9.17) is 9.47 Å². The Hall–Kier alpha value is -2.96. The van der Waals surface area contributed by atoms with Crippen molar-refractivity contribution in [2.24, 2.45) is 5.92 Å². The van der Waals surface area contributed by atoms with E-state index in [9.17, 15) is 13.2 Å². The maximum atomic E-state index is 13.5. The lowest BCUT2D eigenvalue weighted by molar-refractivity contribution is 0.0337. The molecular formula is C36H49N5O5S. The third-order valence-electron chi connectivity index (χ3n) is 10.7. The number of amides is 1. The Kier molecular flexibility index (Phi) is 9.62. The van der Waals surface area contributed by atoms with E-state index in [2.05, 4.69) is 43.4 Å². The van der Waals surface area contributed by atoms with Crippen LogP contribution in [0.15, 0.2) is 36.4 Å². The first-order valence-corrected chi connectivity index (χ1v) is 18.9. The minimum Gasteiger partial charge on any atom is -0.492 e. The van der Waals surface area contributed by atoms with Gasteiger partial charge in [-0.25, -0.2) is 4.72 Å². The van der Waals surface area contributed by atoms with Crippen LogP contribution >= 0.6 is 0 Å². The second kappa shape index (κ2) is 13.9. The van der Waals surface area contributed by atoms with Crippen LogP contribution in [0.5, 0.6) is 5.75 Å². The second-order valence-electron chi connectivity index (χ2n) is 14.0. The van der Waals surface area contributed by atoms with Crippen molar-refractivity contribution >= 4 is 27.0 Å². The number of benzene rings is 2. The zero-order chi connectivity index (χ0) is 32.5. The number of carbonyl (C=O) groups excluding carboxylic acids is 1. The zero-order valence-corrected chi connectivity index (χ0v) is 28.7. The van der Waals surface area contributed by atoms with Gasteiger partial charge in [0.2, 0.25) is 0 Å². The van der Waals surface area contributed by atoms with Crippen molar-refractivity contribution in [1.29, 1.82) is 0 Å². The number of fused-ring (bicyclic) bond motifs is 4. The number of nitrogens with zero attached hydrogens (tertiary/aromatic N) is 4. The van der Waals surface area contributed by atoms with Crippen molar-refractivity contribution in [2.45, 2.75) is 64.0 Å². The number of hydrogen-bond acceptors (Lipinski definition) is 7. The van der Waals surface area contributed by atoms with E-state index in [0.29, 0.717) is 31.2 Å². The summed E-state index contributed by atoms with van der Waals surface area (Å²) < 4.78 is 44.9. The van der Waals surface area contributed by atoms with Crippen LogP contribution in [0.1, 0.15) is 72.3 Å². The predicted molar refractivity (Wildman–Crippen MR) is 184 cm³/mol. The summed E-state index contributed by atoms with van der Waals surface area (Å²) >= 11 is 0.